The first-order valence-corrected chi connectivity index (χ1v) is 10.2. The number of carbonyl (C=O) groups excluding carboxylic acids is 3. The van der Waals surface area contributed by atoms with Crippen LogP contribution in [0.5, 0.6) is 0 Å². The van der Waals surface area contributed by atoms with E-state index in [-0.39, 0.29) is 24.4 Å². The lowest BCUT2D eigenvalue weighted by Gasteiger charge is -2.32. The van der Waals surface area contributed by atoms with E-state index in [9.17, 15) is 14.4 Å². The average Bonchev–Trinajstić information content (AvgIpc) is 2.76. The molecule has 0 aliphatic heterocycles. The van der Waals surface area contributed by atoms with Crippen molar-refractivity contribution in [3.05, 3.63) is 48.0 Å². The predicted octanol–water partition coefficient (Wildman–Crippen LogP) is 3.29. The Kier molecular flexibility index (Phi) is 6.86. The third-order valence-corrected chi connectivity index (χ3v) is 5.53. The second-order valence-corrected chi connectivity index (χ2v) is 7.62. The fourth-order valence-corrected chi connectivity index (χ4v) is 3.81. The topological polar surface area (TPSA) is 75.7 Å². The molecule has 0 saturated heterocycles. The molecule has 154 valence electrons. The first kappa shape index (κ1) is 20.8. The Hall–Kier alpha value is -2.89. The van der Waals surface area contributed by atoms with Crippen molar-refractivity contribution in [3.8, 4) is 0 Å². The summed E-state index contributed by atoms with van der Waals surface area (Å²) in [6.07, 6.45) is 4.57. The lowest BCUT2D eigenvalue weighted by molar-refractivity contribution is -0.158. The fourth-order valence-electron chi connectivity index (χ4n) is 3.81. The minimum atomic E-state index is -0.869. The number of fused-ring (bicyclic) bond motifs is 1. The molecule has 29 heavy (non-hydrogen) atoms. The number of nitrogens with one attached hydrogen (secondary N) is 1. The highest BCUT2D eigenvalue weighted by Gasteiger charge is 2.27. The lowest BCUT2D eigenvalue weighted by Crippen LogP contribution is -2.45. The summed E-state index contributed by atoms with van der Waals surface area (Å²) >= 11 is 0. The summed E-state index contributed by atoms with van der Waals surface area (Å²) in [7, 11) is 1.77. The van der Waals surface area contributed by atoms with Crippen LogP contribution in [0.3, 0.4) is 0 Å². The standard InChI is InChI=1S/C23H28N2O4/c1-16(23(28)25(2)20-10-4-3-5-11-20)29-21(26)15-24-22(27)19-13-12-17-8-6-7-9-18(17)14-19/h6-9,12-14,16,20H,3-5,10-11,15H2,1-2H3,(H,24,27)/t16-/m1/s1. The van der Waals surface area contributed by atoms with Gasteiger partial charge in [-0.2, -0.15) is 0 Å². The maximum atomic E-state index is 12.5. The Balaban J connectivity index is 1.49. The molecule has 2 aromatic carbocycles. The number of carbonyl (C=O) groups is 3. The second kappa shape index (κ2) is 9.54. The lowest BCUT2D eigenvalue weighted by atomic mass is 9.94. The van der Waals surface area contributed by atoms with E-state index in [1.54, 1.807) is 31.0 Å². The number of benzene rings is 2. The van der Waals surface area contributed by atoms with Crippen LogP contribution in [0.2, 0.25) is 0 Å². The van der Waals surface area contributed by atoms with Crippen molar-refractivity contribution in [1.82, 2.24) is 10.2 Å². The number of amides is 2. The van der Waals surface area contributed by atoms with Crippen molar-refractivity contribution in [1.29, 1.82) is 0 Å². The Labute approximate surface area is 171 Å². The van der Waals surface area contributed by atoms with Gasteiger partial charge in [-0.3, -0.25) is 14.4 Å². The van der Waals surface area contributed by atoms with Crippen LogP contribution in [-0.4, -0.2) is 48.4 Å². The molecular weight excluding hydrogens is 368 g/mol. The summed E-state index contributed by atoms with van der Waals surface area (Å²) < 4.78 is 5.24. The number of nitrogens with zero attached hydrogens (tertiary/aromatic N) is 1. The van der Waals surface area contributed by atoms with Gasteiger partial charge in [0, 0.05) is 18.7 Å². The van der Waals surface area contributed by atoms with Gasteiger partial charge in [0.2, 0.25) is 0 Å². The van der Waals surface area contributed by atoms with E-state index < -0.39 is 12.1 Å². The molecule has 0 spiro atoms. The van der Waals surface area contributed by atoms with Gasteiger partial charge < -0.3 is 15.0 Å². The molecule has 6 nitrogen and oxygen atoms in total. The van der Waals surface area contributed by atoms with Crippen LogP contribution < -0.4 is 5.32 Å². The number of likely N-dealkylation sites (N-methyl/N-ethyl adjacent to an activating group) is 1. The molecule has 1 aliphatic rings. The number of ether oxygens (including phenoxy) is 1. The van der Waals surface area contributed by atoms with Crippen LogP contribution in [0.1, 0.15) is 49.4 Å². The first-order valence-electron chi connectivity index (χ1n) is 10.2. The van der Waals surface area contributed by atoms with Crippen molar-refractivity contribution in [2.75, 3.05) is 13.6 Å². The highest BCUT2D eigenvalue weighted by molar-refractivity contribution is 5.99. The van der Waals surface area contributed by atoms with E-state index in [2.05, 4.69) is 5.32 Å². The molecule has 2 aromatic rings. The molecule has 0 heterocycles. The van der Waals surface area contributed by atoms with Crippen molar-refractivity contribution in [2.24, 2.45) is 0 Å². The molecule has 0 radical (unpaired) electrons. The van der Waals surface area contributed by atoms with E-state index in [1.165, 1.54) is 6.42 Å². The molecule has 1 atom stereocenters. The molecule has 2 amide bonds. The van der Waals surface area contributed by atoms with E-state index in [0.717, 1.165) is 36.5 Å². The van der Waals surface area contributed by atoms with Crippen LogP contribution in [0.15, 0.2) is 42.5 Å². The van der Waals surface area contributed by atoms with Crippen LogP contribution in [-0.2, 0) is 14.3 Å². The summed E-state index contributed by atoms with van der Waals surface area (Å²) in [6, 6.07) is 13.3. The summed E-state index contributed by atoms with van der Waals surface area (Å²) in [4.78, 5) is 38.7. The van der Waals surface area contributed by atoms with Crippen molar-refractivity contribution in [2.45, 2.75) is 51.2 Å². The van der Waals surface area contributed by atoms with Crippen LogP contribution in [0.4, 0.5) is 0 Å². The summed E-state index contributed by atoms with van der Waals surface area (Å²) in [5, 5.41) is 4.55. The molecule has 1 aliphatic carbocycles. The van der Waals surface area contributed by atoms with Gasteiger partial charge in [0.15, 0.2) is 6.10 Å². The summed E-state index contributed by atoms with van der Waals surface area (Å²) in [5.41, 5.74) is 0.470. The van der Waals surface area contributed by atoms with Gasteiger partial charge in [-0.05, 0) is 42.7 Å². The van der Waals surface area contributed by atoms with Crippen molar-refractivity contribution in [3.63, 3.8) is 0 Å². The third kappa shape index (κ3) is 5.34. The maximum absolute atomic E-state index is 12.5. The van der Waals surface area contributed by atoms with E-state index in [0.29, 0.717) is 5.56 Å². The van der Waals surface area contributed by atoms with E-state index in [4.69, 9.17) is 4.74 Å². The Morgan fingerprint density at radius 1 is 1.07 bits per heavy atom. The molecular formula is C23H28N2O4. The van der Waals surface area contributed by atoms with Crippen LogP contribution in [0, 0.1) is 0 Å². The third-order valence-electron chi connectivity index (χ3n) is 5.53. The Morgan fingerprint density at radius 3 is 2.48 bits per heavy atom. The molecule has 1 N–H and O–H groups in total. The zero-order valence-electron chi connectivity index (χ0n) is 17.0. The molecule has 0 aromatic heterocycles. The van der Waals surface area contributed by atoms with Gasteiger partial charge in [-0.15, -0.1) is 0 Å². The summed E-state index contributed by atoms with van der Waals surface area (Å²) in [6.45, 7) is 1.29. The number of hydrogen-bond acceptors (Lipinski definition) is 4. The largest absolute Gasteiger partial charge is 0.451 e. The number of rotatable bonds is 6. The van der Waals surface area contributed by atoms with Crippen molar-refractivity contribution < 1.29 is 19.1 Å². The van der Waals surface area contributed by atoms with Crippen LogP contribution >= 0.6 is 0 Å². The minimum absolute atomic E-state index is 0.203. The molecule has 0 bridgehead atoms. The molecule has 0 unspecified atom stereocenters. The zero-order valence-corrected chi connectivity index (χ0v) is 17.0. The molecule has 3 rings (SSSR count). The van der Waals surface area contributed by atoms with Gasteiger partial charge in [0.05, 0.1) is 0 Å². The molecule has 1 fully saturated rings. The minimum Gasteiger partial charge on any atom is -0.451 e. The SMILES string of the molecule is C[C@@H](OC(=O)CNC(=O)c1ccc2ccccc2c1)C(=O)N(C)C1CCCCC1. The highest BCUT2D eigenvalue weighted by Crippen LogP contribution is 2.22. The maximum Gasteiger partial charge on any atom is 0.326 e. The number of esters is 1. The Bertz CT molecular complexity index is 889. The van der Waals surface area contributed by atoms with E-state index in [1.807, 2.05) is 30.3 Å². The summed E-state index contributed by atoms with van der Waals surface area (Å²) in [5.74, 6) is -1.19. The number of hydrogen-bond donors (Lipinski definition) is 1. The van der Waals surface area contributed by atoms with Gasteiger partial charge in [-0.1, -0.05) is 49.6 Å². The molecule has 6 heteroatoms. The van der Waals surface area contributed by atoms with Gasteiger partial charge >= 0.3 is 5.97 Å². The van der Waals surface area contributed by atoms with Crippen LogP contribution in [0.25, 0.3) is 10.8 Å². The van der Waals surface area contributed by atoms with Gasteiger partial charge in [-0.25, -0.2) is 0 Å². The smallest absolute Gasteiger partial charge is 0.326 e. The molecule has 1 saturated carbocycles. The van der Waals surface area contributed by atoms with Crippen molar-refractivity contribution >= 4 is 28.6 Å². The first-order chi connectivity index (χ1) is 14.0. The van der Waals surface area contributed by atoms with E-state index >= 15 is 0 Å². The normalized spacial score (nSPS) is 15.5. The monoisotopic (exact) mass is 396 g/mol. The Morgan fingerprint density at radius 2 is 1.76 bits per heavy atom. The van der Waals surface area contributed by atoms with Gasteiger partial charge in [0.25, 0.3) is 11.8 Å². The quantitative estimate of drug-likeness (QED) is 0.760. The average molecular weight is 396 g/mol. The highest BCUT2D eigenvalue weighted by atomic mass is 16.5. The zero-order chi connectivity index (χ0) is 20.8. The van der Waals surface area contributed by atoms with Gasteiger partial charge in [0.1, 0.15) is 6.54 Å². The predicted molar refractivity (Wildman–Crippen MR) is 111 cm³/mol. The second-order valence-electron chi connectivity index (χ2n) is 7.62. The fraction of sp³-hybridized carbons (Fsp3) is 0.435.